The molecule has 2 aromatic rings. The van der Waals surface area contributed by atoms with Crippen LogP contribution in [0.1, 0.15) is 25.7 Å². The van der Waals surface area contributed by atoms with Crippen molar-refractivity contribution in [2.24, 2.45) is 5.73 Å². The predicted octanol–water partition coefficient (Wildman–Crippen LogP) is 2.21. The van der Waals surface area contributed by atoms with Gasteiger partial charge in [-0.2, -0.15) is 0 Å². The number of aromatic nitrogens is 1. The van der Waals surface area contributed by atoms with Crippen molar-refractivity contribution < 1.29 is 0 Å². The molecule has 0 unspecified atom stereocenters. The smallest absolute Gasteiger partial charge is 0.257 e. The number of nitrogens with two attached hydrogens (primary N) is 1. The van der Waals surface area contributed by atoms with Crippen molar-refractivity contribution in [1.82, 2.24) is 4.98 Å². The first-order valence-electron chi connectivity index (χ1n) is 6.88. The number of benzene rings is 1. The Morgan fingerprint density at radius 3 is 2.84 bits per heavy atom. The highest BCUT2D eigenvalue weighted by atomic mass is 16.1. The van der Waals surface area contributed by atoms with Gasteiger partial charge in [0.15, 0.2) is 0 Å². The number of hydrogen-bond acceptors (Lipinski definition) is 3. The quantitative estimate of drug-likeness (QED) is 0.772. The van der Waals surface area contributed by atoms with E-state index in [-0.39, 0.29) is 17.6 Å². The van der Waals surface area contributed by atoms with E-state index in [9.17, 15) is 4.79 Å². The molecule has 100 valence electrons. The monoisotopic (exact) mass is 257 g/mol. The largest absolute Gasteiger partial charge is 0.367 e. The highest BCUT2D eigenvalue weighted by molar-refractivity contribution is 5.83. The number of nitrogens with one attached hydrogen (secondary N) is 2. The molecular weight excluding hydrogens is 238 g/mol. The Labute approximate surface area is 112 Å². The van der Waals surface area contributed by atoms with Crippen molar-refractivity contribution in [3.05, 3.63) is 40.7 Å². The maximum Gasteiger partial charge on any atom is 0.257 e. The van der Waals surface area contributed by atoms with Gasteiger partial charge in [0, 0.05) is 17.5 Å². The number of rotatable bonds is 2. The van der Waals surface area contributed by atoms with Crippen LogP contribution in [0.25, 0.3) is 10.8 Å². The maximum atomic E-state index is 12.0. The lowest BCUT2D eigenvalue weighted by atomic mass is 9.91. The van der Waals surface area contributed by atoms with Gasteiger partial charge < -0.3 is 16.0 Å². The van der Waals surface area contributed by atoms with Crippen LogP contribution in [-0.2, 0) is 0 Å². The Balaban J connectivity index is 1.91. The molecule has 4 heteroatoms. The van der Waals surface area contributed by atoms with Crippen LogP contribution in [0.15, 0.2) is 35.1 Å². The van der Waals surface area contributed by atoms with Gasteiger partial charge in [0.25, 0.3) is 5.56 Å². The SMILES string of the molecule is N[C@@H]1CCCC[C@H]1Nc1cc2ccccc2c(=O)[nH]1. The zero-order chi connectivity index (χ0) is 13.2. The van der Waals surface area contributed by atoms with Gasteiger partial charge in [0.2, 0.25) is 0 Å². The van der Waals surface area contributed by atoms with E-state index in [4.69, 9.17) is 5.73 Å². The number of fused-ring (bicyclic) bond motifs is 1. The molecule has 2 atom stereocenters. The summed E-state index contributed by atoms with van der Waals surface area (Å²) in [5.74, 6) is 0.769. The lowest BCUT2D eigenvalue weighted by Gasteiger charge is -2.29. The Bertz CT molecular complexity index is 635. The Kier molecular flexibility index (Phi) is 3.25. The second-order valence-corrected chi connectivity index (χ2v) is 5.30. The summed E-state index contributed by atoms with van der Waals surface area (Å²) in [6, 6.07) is 10.0. The standard InChI is InChI=1S/C15H19N3O/c16-12-7-3-4-8-13(12)17-14-9-10-5-1-2-6-11(10)15(19)18-14/h1-2,5-6,9,12-13H,3-4,7-8,16H2,(H2,17,18,19)/t12-,13-/m1/s1. The van der Waals surface area contributed by atoms with Gasteiger partial charge in [0.05, 0.1) is 0 Å². The molecule has 1 heterocycles. The number of hydrogen-bond donors (Lipinski definition) is 3. The molecule has 1 aromatic heterocycles. The van der Waals surface area contributed by atoms with Gasteiger partial charge in [-0.15, -0.1) is 0 Å². The first-order valence-corrected chi connectivity index (χ1v) is 6.88. The molecule has 3 rings (SSSR count). The van der Waals surface area contributed by atoms with Crippen LogP contribution in [0.5, 0.6) is 0 Å². The summed E-state index contributed by atoms with van der Waals surface area (Å²) in [6.07, 6.45) is 4.52. The van der Waals surface area contributed by atoms with Crippen LogP contribution in [-0.4, -0.2) is 17.1 Å². The van der Waals surface area contributed by atoms with E-state index >= 15 is 0 Å². The minimum Gasteiger partial charge on any atom is -0.367 e. The molecule has 1 fully saturated rings. The number of H-pyrrole nitrogens is 1. The van der Waals surface area contributed by atoms with Gasteiger partial charge in [0.1, 0.15) is 5.82 Å². The van der Waals surface area contributed by atoms with Crippen molar-refractivity contribution >= 4 is 16.6 Å². The average molecular weight is 257 g/mol. The molecule has 0 saturated heterocycles. The average Bonchev–Trinajstić information content (AvgIpc) is 2.42. The third kappa shape index (κ3) is 2.49. The van der Waals surface area contributed by atoms with Crippen LogP contribution in [0.3, 0.4) is 0 Å². The summed E-state index contributed by atoms with van der Waals surface area (Å²) in [7, 11) is 0. The molecule has 1 saturated carbocycles. The molecule has 4 N–H and O–H groups in total. The topological polar surface area (TPSA) is 70.9 Å². The van der Waals surface area contributed by atoms with Crippen molar-refractivity contribution in [2.45, 2.75) is 37.8 Å². The molecular formula is C15H19N3O. The summed E-state index contributed by atoms with van der Waals surface area (Å²) in [5, 5.41) is 5.06. The summed E-state index contributed by atoms with van der Waals surface area (Å²) in [4.78, 5) is 14.9. The number of aromatic amines is 1. The fourth-order valence-corrected chi connectivity index (χ4v) is 2.83. The van der Waals surface area contributed by atoms with Gasteiger partial charge in [-0.3, -0.25) is 4.79 Å². The van der Waals surface area contributed by atoms with E-state index in [1.165, 1.54) is 12.8 Å². The zero-order valence-electron chi connectivity index (χ0n) is 10.9. The zero-order valence-corrected chi connectivity index (χ0v) is 10.9. The van der Waals surface area contributed by atoms with Crippen LogP contribution in [0, 0.1) is 0 Å². The minimum absolute atomic E-state index is 0.0509. The highest BCUT2D eigenvalue weighted by Gasteiger charge is 2.21. The molecule has 19 heavy (non-hydrogen) atoms. The van der Waals surface area contributed by atoms with E-state index in [0.717, 1.165) is 29.4 Å². The summed E-state index contributed by atoms with van der Waals surface area (Å²) in [5.41, 5.74) is 6.07. The van der Waals surface area contributed by atoms with E-state index < -0.39 is 0 Å². The Morgan fingerprint density at radius 2 is 2.00 bits per heavy atom. The molecule has 1 aliphatic rings. The fraction of sp³-hybridized carbons (Fsp3) is 0.400. The maximum absolute atomic E-state index is 12.0. The second kappa shape index (κ2) is 5.05. The molecule has 0 spiro atoms. The predicted molar refractivity (Wildman–Crippen MR) is 78.4 cm³/mol. The first-order chi connectivity index (χ1) is 9.24. The van der Waals surface area contributed by atoms with E-state index in [2.05, 4.69) is 10.3 Å². The van der Waals surface area contributed by atoms with E-state index in [1.807, 2.05) is 30.3 Å². The van der Waals surface area contributed by atoms with Crippen LogP contribution in [0.4, 0.5) is 5.82 Å². The van der Waals surface area contributed by atoms with E-state index in [1.54, 1.807) is 0 Å². The van der Waals surface area contributed by atoms with Crippen LogP contribution in [0.2, 0.25) is 0 Å². The van der Waals surface area contributed by atoms with Crippen LogP contribution < -0.4 is 16.6 Å². The van der Waals surface area contributed by atoms with Gasteiger partial charge in [-0.1, -0.05) is 31.0 Å². The third-order valence-corrected chi connectivity index (χ3v) is 3.91. The fourth-order valence-electron chi connectivity index (χ4n) is 2.83. The molecule has 0 radical (unpaired) electrons. The molecule has 0 amide bonds. The molecule has 0 aliphatic heterocycles. The summed E-state index contributed by atoms with van der Waals surface area (Å²) in [6.45, 7) is 0. The normalized spacial score (nSPS) is 23.4. The lowest BCUT2D eigenvalue weighted by Crippen LogP contribution is -2.42. The third-order valence-electron chi connectivity index (χ3n) is 3.91. The van der Waals surface area contributed by atoms with Gasteiger partial charge >= 0.3 is 0 Å². The molecule has 1 aromatic carbocycles. The Morgan fingerprint density at radius 1 is 1.21 bits per heavy atom. The number of anilines is 1. The van der Waals surface area contributed by atoms with Crippen molar-refractivity contribution in [3.8, 4) is 0 Å². The molecule has 4 nitrogen and oxygen atoms in total. The van der Waals surface area contributed by atoms with Crippen molar-refractivity contribution in [3.63, 3.8) is 0 Å². The summed E-state index contributed by atoms with van der Waals surface area (Å²) >= 11 is 0. The lowest BCUT2D eigenvalue weighted by molar-refractivity contribution is 0.403. The number of pyridine rings is 1. The van der Waals surface area contributed by atoms with Crippen LogP contribution >= 0.6 is 0 Å². The minimum atomic E-state index is -0.0509. The summed E-state index contributed by atoms with van der Waals surface area (Å²) < 4.78 is 0. The molecule has 0 bridgehead atoms. The first kappa shape index (κ1) is 12.2. The van der Waals surface area contributed by atoms with Gasteiger partial charge in [-0.05, 0) is 30.4 Å². The van der Waals surface area contributed by atoms with Gasteiger partial charge in [-0.25, -0.2) is 0 Å². The second-order valence-electron chi connectivity index (χ2n) is 5.30. The highest BCUT2D eigenvalue weighted by Crippen LogP contribution is 2.21. The molecule has 1 aliphatic carbocycles. The van der Waals surface area contributed by atoms with Crippen molar-refractivity contribution in [2.75, 3.05) is 5.32 Å². The van der Waals surface area contributed by atoms with E-state index in [0.29, 0.717) is 0 Å². The van der Waals surface area contributed by atoms with Crippen molar-refractivity contribution in [1.29, 1.82) is 0 Å². The Hall–Kier alpha value is -1.81.